The quantitative estimate of drug-likeness (QED) is 0.412. The maximum atomic E-state index is 12.5. The third-order valence-electron chi connectivity index (χ3n) is 5.23. The molecule has 0 saturated carbocycles. The second-order valence-electron chi connectivity index (χ2n) is 7.53. The smallest absolute Gasteiger partial charge is 0.304 e. The van der Waals surface area contributed by atoms with Crippen molar-refractivity contribution in [1.29, 1.82) is 0 Å². The molecule has 5 aromatic rings. The SMILES string of the molecule is CS(=O)(=O)c1ccc(-c2cc(-c3c(-c4ccc(Cl)cc4)nc4ccccn34)[nH]c(=O)n2)cc1. The summed E-state index contributed by atoms with van der Waals surface area (Å²) in [5.41, 5.74) is 3.98. The molecule has 0 spiro atoms. The highest BCUT2D eigenvalue weighted by Gasteiger charge is 2.18. The molecule has 0 unspecified atom stereocenters. The molecule has 0 amide bonds. The minimum absolute atomic E-state index is 0.197. The lowest BCUT2D eigenvalue weighted by atomic mass is 10.1. The van der Waals surface area contributed by atoms with Crippen molar-refractivity contribution in [3.8, 4) is 33.9 Å². The maximum absolute atomic E-state index is 12.5. The predicted molar refractivity (Wildman–Crippen MR) is 128 cm³/mol. The Morgan fingerprint density at radius 2 is 1.61 bits per heavy atom. The van der Waals surface area contributed by atoms with Crippen LogP contribution in [-0.2, 0) is 9.84 Å². The van der Waals surface area contributed by atoms with Crippen LogP contribution in [0.15, 0.2) is 88.7 Å². The van der Waals surface area contributed by atoms with Gasteiger partial charge in [-0.1, -0.05) is 41.9 Å². The Bertz CT molecular complexity index is 1660. The second-order valence-corrected chi connectivity index (χ2v) is 9.98. The van der Waals surface area contributed by atoms with Crippen LogP contribution in [0.25, 0.3) is 39.5 Å². The van der Waals surface area contributed by atoms with Gasteiger partial charge in [0.25, 0.3) is 0 Å². The molecular weight excluding hydrogens is 460 g/mol. The molecule has 9 heteroatoms. The Balaban J connectivity index is 1.71. The van der Waals surface area contributed by atoms with E-state index in [1.165, 1.54) is 12.1 Å². The monoisotopic (exact) mass is 476 g/mol. The third kappa shape index (κ3) is 4.06. The van der Waals surface area contributed by atoms with Crippen molar-refractivity contribution in [2.24, 2.45) is 0 Å². The number of aromatic amines is 1. The summed E-state index contributed by atoms with van der Waals surface area (Å²) in [4.78, 5) is 24.4. The highest BCUT2D eigenvalue weighted by atomic mass is 35.5. The first-order valence-corrected chi connectivity index (χ1v) is 12.2. The standard InChI is InChI=1S/C24H17ClN4O3S/c1-33(31,32)18-11-7-15(8-12-18)19-14-20(27-24(30)26-19)23-22(16-5-9-17(25)10-6-16)28-21-4-2-3-13-29(21)23/h2-14H,1H3,(H,26,27,30). The van der Waals surface area contributed by atoms with Gasteiger partial charge in [-0.05, 0) is 42.5 Å². The molecule has 0 radical (unpaired) electrons. The molecule has 2 aromatic carbocycles. The maximum Gasteiger partial charge on any atom is 0.346 e. The van der Waals surface area contributed by atoms with Crippen LogP contribution in [0.2, 0.25) is 5.02 Å². The number of fused-ring (bicyclic) bond motifs is 1. The summed E-state index contributed by atoms with van der Waals surface area (Å²) >= 11 is 6.06. The van der Waals surface area contributed by atoms with Crippen LogP contribution >= 0.6 is 11.6 Å². The number of pyridine rings is 1. The molecular formula is C24H17ClN4O3S. The molecule has 0 saturated heterocycles. The summed E-state index contributed by atoms with van der Waals surface area (Å²) in [6.07, 6.45) is 3.02. The summed E-state index contributed by atoms with van der Waals surface area (Å²) in [6, 6.07) is 21.0. The van der Waals surface area contributed by atoms with E-state index in [2.05, 4.69) is 9.97 Å². The van der Waals surface area contributed by atoms with Gasteiger partial charge in [0.05, 0.1) is 27.7 Å². The minimum Gasteiger partial charge on any atom is -0.304 e. The first-order valence-electron chi connectivity index (χ1n) is 9.95. The molecule has 3 heterocycles. The molecule has 0 aliphatic rings. The Hall–Kier alpha value is -3.75. The Labute approximate surface area is 194 Å². The molecule has 5 rings (SSSR count). The predicted octanol–water partition coefficient (Wildman–Crippen LogP) is 4.48. The minimum atomic E-state index is -3.33. The molecule has 164 valence electrons. The van der Waals surface area contributed by atoms with Crippen molar-refractivity contribution in [3.05, 3.63) is 94.5 Å². The fourth-order valence-corrected chi connectivity index (χ4v) is 4.42. The molecule has 0 aliphatic carbocycles. The summed E-state index contributed by atoms with van der Waals surface area (Å²) in [5.74, 6) is 0. The van der Waals surface area contributed by atoms with Crippen molar-refractivity contribution in [2.75, 3.05) is 6.26 Å². The fraction of sp³-hybridized carbons (Fsp3) is 0.0417. The van der Waals surface area contributed by atoms with Crippen molar-refractivity contribution < 1.29 is 8.42 Å². The molecule has 0 bridgehead atoms. The van der Waals surface area contributed by atoms with Gasteiger partial charge in [-0.25, -0.2) is 18.2 Å². The van der Waals surface area contributed by atoms with Crippen LogP contribution in [0, 0.1) is 0 Å². The first-order chi connectivity index (χ1) is 15.8. The molecule has 0 atom stereocenters. The van der Waals surface area contributed by atoms with Gasteiger partial charge in [0.2, 0.25) is 0 Å². The zero-order valence-electron chi connectivity index (χ0n) is 17.4. The van der Waals surface area contributed by atoms with E-state index in [0.29, 0.717) is 39.0 Å². The Morgan fingerprint density at radius 3 is 2.30 bits per heavy atom. The van der Waals surface area contributed by atoms with Gasteiger partial charge in [0.15, 0.2) is 9.84 Å². The van der Waals surface area contributed by atoms with Gasteiger partial charge in [-0.2, -0.15) is 4.98 Å². The van der Waals surface area contributed by atoms with Crippen LogP contribution in [0.3, 0.4) is 0 Å². The number of nitrogens with zero attached hydrogens (tertiary/aromatic N) is 3. The number of halogens is 1. The fourth-order valence-electron chi connectivity index (χ4n) is 3.67. The van der Waals surface area contributed by atoms with Crippen molar-refractivity contribution in [2.45, 2.75) is 4.90 Å². The van der Waals surface area contributed by atoms with E-state index in [9.17, 15) is 13.2 Å². The van der Waals surface area contributed by atoms with Crippen molar-refractivity contribution in [3.63, 3.8) is 0 Å². The average Bonchev–Trinajstić information content (AvgIpc) is 3.18. The van der Waals surface area contributed by atoms with E-state index in [1.54, 1.807) is 30.3 Å². The van der Waals surface area contributed by atoms with Gasteiger partial charge in [-0.15, -0.1) is 0 Å². The number of benzene rings is 2. The van der Waals surface area contributed by atoms with Crippen LogP contribution in [0.4, 0.5) is 0 Å². The van der Waals surface area contributed by atoms with Gasteiger partial charge in [0, 0.05) is 28.6 Å². The number of imidazole rings is 1. The van der Waals surface area contributed by atoms with Gasteiger partial charge in [-0.3, -0.25) is 4.40 Å². The molecule has 0 fully saturated rings. The molecule has 0 aliphatic heterocycles. The van der Waals surface area contributed by atoms with Gasteiger partial charge >= 0.3 is 5.69 Å². The zero-order chi connectivity index (χ0) is 23.2. The lowest BCUT2D eigenvalue weighted by Gasteiger charge is -2.08. The lowest BCUT2D eigenvalue weighted by molar-refractivity contribution is 0.602. The summed E-state index contributed by atoms with van der Waals surface area (Å²) in [5, 5.41) is 0.612. The normalized spacial score (nSPS) is 11.7. The number of nitrogens with one attached hydrogen (secondary N) is 1. The first kappa shape index (κ1) is 21.1. The Morgan fingerprint density at radius 1 is 0.909 bits per heavy atom. The Kier molecular flexibility index (Phi) is 5.11. The largest absolute Gasteiger partial charge is 0.346 e. The van der Waals surface area contributed by atoms with Crippen molar-refractivity contribution >= 4 is 27.1 Å². The van der Waals surface area contributed by atoms with E-state index in [4.69, 9.17) is 16.6 Å². The molecule has 1 N–H and O–H groups in total. The summed E-state index contributed by atoms with van der Waals surface area (Å²) < 4.78 is 25.4. The average molecular weight is 477 g/mol. The van der Waals surface area contributed by atoms with E-state index in [1.807, 2.05) is 40.9 Å². The highest BCUT2D eigenvalue weighted by Crippen LogP contribution is 2.33. The molecule has 3 aromatic heterocycles. The number of hydrogen-bond donors (Lipinski definition) is 1. The molecule has 7 nitrogen and oxygen atoms in total. The third-order valence-corrected chi connectivity index (χ3v) is 6.61. The van der Waals surface area contributed by atoms with Gasteiger partial charge < -0.3 is 4.98 Å². The van der Waals surface area contributed by atoms with E-state index < -0.39 is 15.5 Å². The number of hydrogen-bond acceptors (Lipinski definition) is 5. The summed E-state index contributed by atoms with van der Waals surface area (Å²) in [7, 11) is -3.33. The highest BCUT2D eigenvalue weighted by molar-refractivity contribution is 7.90. The summed E-state index contributed by atoms with van der Waals surface area (Å²) in [6.45, 7) is 0. The number of aromatic nitrogens is 4. The van der Waals surface area contributed by atoms with E-state index in [0.717, 1.165) is 11.8 Å². The van der Waals surface area contributed by atoms with Crippen LogP contribution in [-0.4, -0.2) is 34.0 Å². The number of rotatable bonds is 4. The van der Waals surface area contributed by atoms with Crippen LogP contribution in [0.5, 0.6) is 0 Å². The second kappa shape index (κ2) is 7.99. The van der Waals surface area contributed by atoms with Gasteiger partial charge in [0.1, 0.15) is 5.65 Å². The number of H-pyrrole nitrogens is 1. The molecule has 33 heavy (non-hydrogen) atoms. The van der Waals surface area contributed by atoms with Crippen LogP contribution in [0.1, 0.15) is 0 Å². The van der Waals surface area contributed by atoms with Crippen LogP contribution < -0.4 is 5.69 Å². The van der Waals surface area contributed by atoms with E-state index >= 15 is 0 Å². The zero-order valence-corrected chi connectivity index (χ0v) is 18.9. The topological polar surface area (TPSA) is 97.2 Å². The van der Waals surface area contributed by atoms with E-state index in [-0.39, 0.29) is 4.90 Å². The number of sulfone groups is 1. The lowest BCUT2D eigenvalue weighted by Crippen LogP contribution is -2.12. The van der Waals surface area contributed by atoms with Crippen molar-refractivity contribution in [1.82, 2.24) is 19.4 Å².